The van der Waals surface area contributed by atoms with E-state index in [2.05, 4.69) is 17.4 Å². The van der Waals surface area contributed by atoms with Crippen LogP contribution >= 0.6 is 0 Å². The molecule has 0 aromatic heterocycles. The number of carbonyl (C=O) groups is 3. The summed E-state index contributed by atoms with van der Waals surface area (Å²) in [5.74, 6) is 0.263. The van der Waals surface area contributed by atoms with E-state index in [-0.39, 0.29) is 24.5 Å². The molecule has 1 unspecified atom stereocenters. The number of carbonyl (C=O) groups excluding carboxylic acids is 3. The van der Waals surface area contributed by atoms with Gasteiger partial charge in [0, 0.05) is 25.7 Å². The third kappa shape index (κ3) is 6.14. The van der Waals surface area contributed by atoms with E-state index in [0.29, 0.717) is 38.7 Å². The van der Waals surface area contributed by atoms with Crippen LogP contribution < -0.4 is 10.2 Å². The predicted octanol–water partition coefficient (Wildman–Crippen LogP) is 3.07. The Bertz CT molecular complexity index is 987. The zero-order chi connectivity index (χ0) is 23.9. The molecule has 2 aromatic carbocycles. The number of hydrogen-bond donors (Lipinski definition) is 1. The van der Waals surface area contributed by atoms with Crippen LogP contribution in [-0.2, 0) is 25.7 Å². The van der Waals surface area contributed by atoms with E-state index in [1.165, 1.54) is 12.5 Å². The molecule has 4 rings (SSSR count). The van der Waals surface area contributed by atoms with Crippen LogP contribution in [0, 0.1) is 0 Å². The molecular weight excluding hydrogens is 434 g/mol. The van der Waals surface area contributed by atoms with Crippen LogP contribution in [0.25, 0.3) is 0 Å². The van der Waals surface area contributed by atoms with E-state index < -0.39 is 6.09 Å². The number of nitrogens with one attached hydrogen (secondary N) is 1. The van der Waals surface area contributed by atoms with Crippen molar-refractivity contribution in [1.82, 2.24) is 10.2 Å². The molecule has 2 aliphatic heterocycles. The second-order valence-corrected chi connectivity index (χ2v) is 8.78. The first-order chi connectivity index (χ1) is 16.5. The van der Waals surface area contributed by atoms with Gasteiger partial charge in [-0.05, 0) is 42.0 Å². The minimum Gasteiger partial charge on any atom is -0.442 e. The van der Waals surface area contributed by atoms with Gasteiger partial charge in [-0.2, -0.15) is 0 Å². The van der Waals surface area contributed by atoms with Gasteiger partial charge >= 0.3 is 6.09 Å². The normalized spacial score (nSPS) is 18.6. The summed E-state index contributed by atoms with van der Waals surface area (Å²) in [5, 5.41) is 2.68. The SMILES string of the molecule is CC(=O)NCC1CN(c2ccc(C3CCN(C(=O)COCc4ccccc4)CC3)cc2)C(=O)O1. The number of anilines is 1. The molecule has 2 saturated heterocycles. The highest BCUT2D eigenvalue weighted by Gasteiger charge is 2.32. The standard InChI is InChI=1S/C26H31N3O5/c1-19(30)27-15-24-16-29(26(32)34-24)23-9-7-21(8-10-23)22-11-13-28(14-12-22)25(31)18-33-17-20-5-3-2-4-6-20/h2-10,22,24H,11-18H2,1H3,(H,27,30). The van der Waals surface area contributed by atoms with Crippen LogP contribution in [0.1, 0.15) is 36.8 Å². The molecule has 3 amide bonds. The lowest BCUT2D eigenvalue weighted by molar-refractivity contribution is -0.137. The van der Waals surface area contributed by atoms with Gasteiger partial charge in [-0.1, -0.05) is 42.5 Å². The topological polar surface area (TPSA) is 88.2 Å². The second-order valence-electron chi connectivity index (χ2n) is 8.78. The van der Waals surface area contributed by atoms with Gasteiger partial charge in [0.25, 0.3) is 0 Å². The van der Waals surface area contributed by atoms with Crippen molar-refractivity contribution >= 4 is 23.6 Å². The molecule has 0 bridgehead atoms. The van der Waals surface area contributed by atoms with Crippen molar-refractivity contribution in [2.24, 2.45) is 0 Å². The molecule has 34 heavy (non-hydrogen) atoms. The Hall–Kier alpha value is -3.39. The second kappa shape index (κ2) is 11.2. The summed E-state index contributed by atoms with van der Waals surface area (Å²) >= 11 is 0. The fourth-order valence-corrected chi connectivity index (χ4v) is 4.41. The minimum absolute atomic E-state index is 0.0334. The fourth-order valence-electron chi connectivity index (χ4n) is 4.41. The van der Waals surface area contributed by atoms with Gasteiger partial charge in [0.1, 0.15) is 12.7 Å². The maximum absolute atomic E-state index is 12.5. The summed E-state index contributed by atoms with van der Waals surface area (Å²) < 4.78 is 10.9. The molecule has 0 saturated carbocycles. The third-order valence-electron chi connectivity index (χ3n) is 6.31. The zero-order valence-corrected chi connectivity index (χ0v) is 19.4. The molecule has 2 heterocycles. The fraction of sp³-hybridized carbons (Fsp3) is 0.423. The average molecular weight is 466 g/mol. The Morgan fingerprint density at radius 1 is 1.06 bits per heavy atom. The molecule has 8 nitrogen and oxygen atoms in total. The predicted molar refractivity (Wildman–Crippen MR) is 127 cm³/mol. The largest absolute Gasteiger partial charge is 0.442 e. The summed E-state index contributed by atoms with van der Waals surface area (Å²) in [6.45, 7) is 4.12. The smallest absolute Gasteiger partial charge is 0.414 e. The molecular formula is C26H31N3O5. The third-order valence-corrected chi connectivity index (χ3v) is 6.31. The van der Waals surface area contributed by atoms with E-state index in [1.54, 1.807) is 4.90 Å². The van der Waals surface area contributed by atoms with Crippen molar-refractivity contribution in [2.75, 3.05) is 37.7 Å². The number of ether oxygens (including phenoxy) is 2. The monoisotopic (exact) mass is 465 g/mol. The summed E-state index contributed by atoms with van der Waals surface area (Å²) in [6.07, 6.45) is 1.04. The number of rotatable bonds is 8. The Kier molecular flexibility index (Phi) is 7.80. The number of piperidine rings is 1. The zero-order valence-electron chi connectivity index (χ0n) is 19.4. The quantitative estimate of drug-likeness (QED) is 0.647. The Morgan fingerprint density at radius 2 is 1.76 bits per heavy atom. The van der Waals surface area contributed by atoms with Gasteiger partial charge in [-0.15, -0.1) is 0 Å². The molecule has 180 valence electrons. The van der Waals surface area contributed by atoms with Crippen LogP contribution in [0.3, 0.4) is 0 Å². The molecule has 0 spiro atoms. The lowest BCUT2D eigenvalue weighted by Gasteiger charge is -2.32. The van der Waals surface area contributed by atoms with Gasteiger partial charge in [0.05, 0.1) is 19.7 Å². The molecule has 2 fully saturated rings. The first-order valence-corrected chi connectivity index (χ1v) is 11.7. The molecule has 2 aliphatic rings. The highest BCUT2D eigenvalue weighted by molar-refractivity contribution is 5.89. The number of nitrogens with zero attached hydrogens (tertiary/aromatic N) is 2. The van der Waals surface area contributed by atoms with E-state index in [1.807, 2.05) is 47.4 Å². The summed E-state index contributed by atoms with van der Waals surface area (Å²) in [7, 11) is 0. The number of cyclic esters (lactones) is 1. The highest BCUT2D eigenvalue weighted by Crippen LogP contribution is 2.30. The van der Waals surface area contributed by atoms with Crippen LogP contribution in [-0.4, -0.2) is 61.7 Å². The first kappa shape index (κ1) is 23.8. The minimum atomic E-state index is -0.399. The van der Waals surface area contributed by atoms with Gasteiger partial charge in [-0.25, -0.2) is 4.79 Å². The molecule has 2 aromatic rings. The van der Waals surface area contributed by atoms with Crippen molar-refractivity contribution in [2.45, 2.75) is 38.4 Å². The molecule has 1 atom stereocenters. The maximum Gasteiger partial charge on any atom is 0.414 e. The van der Waals surface area contributed by atoms with Crippen molar-refractivity contribution in [1.29, 1.82) is 0 Å². The van der Waals surface area contributed by atoms with E-state index in [4.69, 9.17) is 9.47 Å². The van der Waals surface area contributed by atoms with Gasteiger partial charge < -0.3 is 19.7 Å². The summed E-state index contributed by atoms with van der Waals surface area (Å²) in [6, 6.07) is 17.8. The Morgan fingerprint density at radius 3 is 2.44 bits per heavy atom. The van der Waals surface area contributed by atoms with Gasteiger partial charge in [0.2, 0.25) is 11.8 Å². The molecule has 1 N–H and O–H groups in total. The maximum atomic E-state index is 12.5. The van der Waals surface area contributed by atoms with E-state index in [0.717, 1.165) is 24.1 Å². The van der Waals surface area contributed by atoms with Crippen molar-refractivity contribution in [3.63, 3.8) is 0 Å². The van der Waals surface area contributed by atoms with E-state index in [9.17, 15) is 14.4 Å². The average Bonchev–Trinajstić information content (AvgIpc) is 3.24. The lowest BCUT2D eigenvalue weighted by atomic mass is 9.89. The van der Waals surface area contributed by atoms with Crippen molar-refractivity contribution in [3.8, 4) is 0 Å². The number of amides is 3. The highest BCUT2D eigenvalue weighted by atomic mass is 16.6. The summed E-state index contributed by atoms with van der Waals surface area (Å²) in [5.41, 5.74) is 3.05. The van der Waals surface area contributed by atoms with Gasteiger partial charge in [-0.3, -0.25) is 14.5 Å². The summed E-state index contributed by atoms with van der Waals surface area (Å²) in [4.78, 5) is 39.3. The van der Waals surface area contributed by atoms with E-state index >= 15 is 0 Å². The first-order valence-electron chi connectivity index (χ1n) is 11.7. The molecule has 0 aliphatic carbocycles. The molecule has 0 radical (unpaired) electrons. The number of likely N-dealkylation sites (tertiary alicyclic amines) is 1. The number of benzene rings is 2. The van der Waals surface area contributed by atoms with Crippen LogP contribution in [0.4, 0.5) is 10.5 Å². The van der Waals surface area contributed by atoms with Crippen molar-refractivity contribution in [3.05, 3.63) is 65.7 Å². The van der Waals surface area contributed by atoms with Crippen LogP contribution in [0.2, 0.25) is 0 Å². The van der Waals surface area contributed by atoms with Crippen LogP contribution in [0.5, 0.6) is 0 Å². The molecule has 8 heteroatoms. The van der Waals surface area contributed by atoms with Crippen LogP contribution in [0.15, 0.2) is 54.6 Å². The Balaban J connectivity index is 1.23. The lowest BCUT2D eigenvalue weighted by Crippen LogP contribution is -2.39. The van der Waals surface area contributed by atoms with Gasteiger partial charge in [0.15, 0.2) is 0 Å². The number of hydrogen-bond acceptors (Lipinski definition) is 5. The Labute approximate surface area is 199 Å². The van der Waals surface area contributed by atoms with Crippen molar-refractivity contribution < 1.29 is 23.9 Å².